The van der Waals surface area contributed by atoms with Gasteiger partial charge in [0.25, 0.3) is 11.5 Å². The molecule has 0 aliphatic carbocycles. The molecule has 42 heavy (non-hydrogen) atoms. The minimum atomic E-state index is -2.66. The minimum Gasteiger partial charge on any atom is -0.456 e. The Labute approximate surface area is 248 Å². The third kappa shape index (κ3) is 6.44. The lowest BCUT2D eigenvalue weighted by Gasteiger charge is -2.37. The highest BCUT2D eigenvalue weighted by atomic mass is 32.2. The molecule has 2 aromatic heterocycles. The quantitative estimate of drug-likeness (QED) is 0.214. The number of ether oxygens (including phenoxy) is 1. The highest BCUT2D eigenvalue weighted by molar-refractivity contribution is 7.71. The molecular formula is C32H40N4O5S. The van der Waals surface area contributed by atoms with Crippen LogP contribution in [-0.2, 0) is 23.5 Å². The number of benzene rings is 2. The number of aryl methyl sites for hydroxylation is 3. The number of para-hydroxylation sites is 1. The fourth-order valence-corrected chi connectivity index (χ4v) is 5.94. The molecule has 0 aliphatic rings. The summed E-state index contributed by atoms with van der Waals surface area (Å²) >= 11 is 0. The maximum absolute atomic E-state index is 13.3. The van der Waals surface area contributed by atoms with Gasteiger partial charge in [0.1, 0.15) is 33.4 Å². The number of aromatic amines is 1. The van der Waals surface area contributed by atoms with Crippen molar-refractivity contribution in [1.82, 2.24) is 19.8 Å². The molecular weight excluding hydrogens is 552 g/mol. The molecule has 2 heterocycles. The second-order valence-electron chi connectivity index (χ2n) is 11.2. The van der Waals surface area contributed by atoms with E-state index in [9.17, 15) is 18.0 Å². The number of hydrogen-bond acceptors (Lipinski definition) is 6. The van der Waals surface area contributed by atoms with Crippen molar-refractivity contribution in [3.63, 3.8) is 0 Å². The maximum atomic E-state index is 13.3. The van der Waals surface area contributed by atoms with Gasteiger partial charge in [-0.25, -0.2) is 8.42 Å². The zero-order chi connectivity index (χ0) is 30.8. The predicted octanol–water partition coefficient (Wildman–Crippen LogP) is 4.90. The molecule has 10 heteroatoms. The summed E-state index contributed by atoms with van der Waals surface area (Å²) < 4.78 is 31.1. The monoisotopic (exact) mass is 592 g/mol. The third-order valence-electron chi connectivity index (χ3n) is 7.78. The standard InChI is InChI=1S/C32H40N4O5S/c1-8-36(9-2)32(5,6)19-33-30(37)26-16-24-25(17-35(7)31(38)28(24)34-26)23-15-22(18-42(39)40)13-14-27(23)41-29-20(3)11-10-12-21(29)4/h10-17,34,42H,8-9,18-19H2,1-7H3,(H,33,37). The van der Waals surface area contributed by atoms with Crippen LogP contribution in [0.3, 0.4) is 0 Å². The van der Waals surface area contributed by atoms with Crippen LogP contribution in [0, 0.1) is 13.8 Å². The summed E-state index contributed by atoms with van der Waals surface area (Å²) in [6.45, 7) is 14.4. The molecule has 2 N–H and O–H groups in total. The molecule has 0 spiro atoms. The molecule has 0 fully saturated rings. The summed E-state index contributed by atoms with van der Waals surface area (Å²) in [4.78, 5) is 31.8. The van der Waals surface area contributed by atoms with Gasteiger partial charge in [0.05, 0.1) is 5.75 Å². The number of fused-ring (bicyclic) bond motifs is 1. The van der Waals surface area contributed by atoms with E-state index in [0.29, 0.717) is 40.1 Å². The molecule has 0 unspecified atom stereocenters. The number of pyridine rings is 1. The fraction of sp³-hybridized carbons (Fsp3) is 0.375. The van der Waals surface area contributed by atoms with Gasteiger partial charge in [0.2, 0.25) is 0 Å². The van der Waals surface area contributed by atoms with Gasteiger partial charge < -0.3 is 19.6 Å². The molecule has 4 rings (SSSR count). The van der Waals surface area contributed by atoms with Crippen LogP contribution in [0.1, 0.15) is 54.9 Å². The van der Waals surface area contributed by atoms with E-state index in [0.717, 1.165) is 24.2 Å². The number of nitrogens with one attached hydrogen (secondary N) is 2. The SMILES string of the molecule is CCN(CC)C(C)(C)CNC(=O)c1cc2c(-c3cc(C[SH](=O)=O)ccc3Oc3c(C)cccc3C)cn(C)c(=O)c2[nH]1. The summed E-state index contributed by atoms with van der Waals surface area (Å²) in [5.74, 6) is 0.755. The van der Waals surface area contributed by atoms with E-state index >= 15 is 0 Å². The van der Waals surface area contributed by atoms with Crippen molar-refractivity contribution in [2.75, 3.05) is 19.6 Å². The summed E-state index contributed by atoms with van der Waals surface area (Å²) in [5, 5.41) is 3.56. The second kappa shape index (κ2) is 12.5. The maximum Gasteiger partial charge on any atom is 0.274 e. The van der Waals surface area contributed by atoms with E-state index in [1.54, 1.807) is 37.5 Å². The van der Waals surface area contributed by atoms with E-state index in [2.05, 4.69) is 42.9 Å². The Morgan fingerprint density at radius 2 is 1.71 bits per heavy atom. The van der Waals surface area contributed by atoms with Crippen LogP contribution in [0.5, 0.6) is 11.5 Å². The first-order valence-electron chi connectivity index (χ1n) is 14.1. The Morgan fingerprint density at radius 1 is 1.05 bits per heavy atom. The number of hydrogen-bond donors (Lipinski definition) is 3. The number of amides is 1. The lowest BCUT2D eigenvalue weighted by molar-refractivity contribution is 0.0881. The molecule has 224 valence electrons. The number of aromatic nitrogens is 2. The van der Waals surface area contributed by atoms with Crippen LogP contribution < -0.4 is 15.6 Å². The van der Waals surface area contributed by atoms with Crippen molar-refractivity contribution in [3.05, 3.63) is 81.4 Å². The van der Waals surface area contributed by atoms with Gasteiger partial charge in [-0.3, -0.25) is 14.5 Å². The Bertz CT molecular complexity index is 1730. The number of thiol groups is 1. The van der Waals surface area contributed by atoms with Crippen LogP contribution in [0.15, 0.2) is 53.5 Å². The van der Waals surface area contributed by atoms with Crippen LogP contribution in [-0.4, -0.2) is 53.9 Å². The Kier molecular flexibility index (Phi) is 9.27. The van der Waals surface area contributed by atoms with Crippen molar-refractivity contribution in [2.24, 2.45) is 7.05 Å². The molecule has 0 atom stereocenters. The van der Waals surface area contributed by atoms with Gasteiger partial charge in [0, 0.05) is 41.8 Å². The average Bonchev–Trinajstić information content (AvgIpc) is 3.38. The Morgan fingerprint density at radius 3 is 2.33 bits per heavy atom. The molecule has 9 nitrogen and oxygen atoms in total. The van der Waals surface area contributed by atoms with E-state index < -0.39 is 10.7 Å². The lowest BCUT2D eigenvalue weighted by Crippen LogP contribution is -2.51. The van der Waals surface area contributed by atoms with E-state index in [-0.39, 0.29) is 34.0 Å². The van der Waals surface area contributed by atoms with Gasteiger partial charge in [0.15, 0.2) is 0 Å². The van der Waals surface area contributed by atoms with Crippen LogP contribution in [0.25, 0.3) is 22.0 Å². The van der Waals surface area contributed by atoms with Gasteiger partial charge in [-0.05, 0) is 75.7 Å². The lowest BCUT2D eigenvalue weighted by atomic mass is 10.00. The number of rotatable bonds is 11. The summed E-state index contributed by atoms with van der Waals surface area (Å²) in [6.07, 6.45) is 1.69. The molecule has 0 saturated heterocycles. The molecule has 0 saturated carbocycles. The smallest absolute Gasteiger partial charge is 0.274 e. The highest BCUT2D eigenvalue weighted by Crippen LogP contribution is 2.39. The van der Waals surface area contributed by atoms with Crippen molar-refractivity contribution in [3.8, 4) is 22.6 Å². The van der Waals surface area contributed by atoms with Crippen LogP contribution >= 0.6 is 0 Å². The van der Waals surface area contributed by atoms with Gasteiger partial charge in [-0.2, -0.15) is 0 Å². The number of H-pyrrole nitrogens is 1. The molecule has 2 aromatic carbocycles. The Hall–Kier alpha value is -3.89. The zero-order valence-electron chi connectivity index (χ0n) is 25.3. The van der Waals surface area contributed by atoms with Crippen LogP contribution in [0.2, 0.25) is 0 Å². The van der Waals surface area contributed by atoms with E-state index in [4.69, 9.17) is 4.74 Å². The molecule has 0 radical (unpaired) electrons. The fourth-order valence-electron chi connectivity index (χ4n) is 5.45. The van der Waals surface area contributed by atoms with E-state index in [1.165, 1.54) is 4.57 Å². The first kappa shape index (κ1) is 31.1. The minimum absolute atomic E-state index is 0.135. The van der Waals surface area contributed by atoms with Gasteiger partial charge >= 0.3 is 0 Å². The number of carbonyl (C=O) groups is 1. The summed E-state index contributed by atoms with van der Waals surface area (Å²) in [6, 6.07) is 12.8. The van der Waals surface area contributed by atoms with Crippen molar-refractivity contribution >= 4 is 27.5 Å². The first-order valence-corrected chi connectivity index (χ1v) is 15.5. The second-order valence-corrected chi connectivity index (χ2v) is 12.2. The highest BCUT2D eigenvalue weighted by Gasteiger charge is 2.26. The molecule has 0 aliphatic heterocycles. The third-order valence-corrected chi connectivity index (χ3v) is 8.40. The summed E-state index contributed by atoms with van der Waals surface area (Å²) in [7, 11) is -1.01. The number of carbonyl (C=O) groups excluding carboxylic acids is 1. The van der Waals surface area contributed by atoms with Crippen molar-refractivity contribution in [1.29, 1.82) is 0 Å². The largest absolute Gasteiger partial charge is 0.456 e. The normalized spacial score (nSPS) is 11.9. The van der Waals surface area contributed by atoms with Crippen LogP contribution in [0.4, 0.5) is 0 Å². The van der Waals surface area contributed by atoms with Crippen molar-refractivity contribution in [2.45, 2.75) is 52.8 Å². The molecule has 0 bridgehead atoms. The van der Waals surface area contributed by atoms with Crippen molar-refractivity contribution < 1.29 is 17.9 Å². The molecule has 1 amide bonds. The number of likely N-dealkylation sites (N-methyl/N-ethyl adjacent to an activating group) is 1. The number of nitrogens with zero attached hydrogens (tertiary/aromatic N) is 2. The topological polar surface area (TPSA) is 114 Å². The van der Waals surface area contributed by atoms with Gasteiger partial charge in [-0.1, -0.05) is 38.1 Å². The van der Waals surface area contributed by atoms with Gasteiger partial charge in [-0.15, -0.1) is 0 Å². The summed E-state index contributed by atoms with van der Waals surface area (Å²) in [5.41, 5.74) is 3.74. The van der Waals surface area contributed by atoms with E-state index in [1.807, 2.05) is 32.0 Å². The predicted molar refractivity (Wildman–Crippen MR) is 168 cm³/mol. The zero-order valence-corrected chi connectivity index (χ0v) is 26.2. The first-order chi connectivity index (χ1) is 19.9. The molecule has 4 aromatic rings. The Balaban J connectivity index is 1.83. The average molecular weight is 593 g/mol.